The van der Waals surface area contributed by atoms with E-state index in [2.05, 4.69) is 31.6 Å². The quantitative estimate of drug-likeness (QED) is 0.420. The number of halogens is 2. The van der Waals surface area contributed by atoms with Crippen LogP contribution in [-0.2, 0) is 0 Å². The first-order valence-corrected chi connectivity index (χ1v) is 12.0. The van der Waals surface area contributed by atoms with Crippen molar-refractivity contribution in [1.82, 2.24) is 19.9 Å². The predicted octanol–water partition coefficient (Wildman–Crippen LogP) is 4.34. The second-order valence-electron chi connectivity index (χ2n) is 9.13. The smallest absolute Gasteiger partial charge is 0.227 e. The fraction of sp³-hybridized carbons (Fsp3) is 0.259. The number of piperazine rings is 1. The van der Waals surface area contributed by atoms with E-state index in [1.54, 1.807) is 22.9 Å². The molecule has 0 spiro atoms. The Labute approximate surface area is 212 Å². The van der Waals surface area contributed by atoms with Crippen LogP contribution in [-0.4, -0.2) is 40.7 Å². The fourth-order valence-electron chi connectivity index (χ4n) is 4.58. The van der Waals surface area contributed by atoms with E-state index >= 15 is 4.39 Å². The summed E-state index contributed by atoms with van der Waals surface area (Å²) in [6.45, 7) is 7.12. The van der Waals surface area contributed by atoms with Crippen molar-refractivity contribution in [3.05, 3.63) is 76.2 Å². The monoisotopic (exact) mass is 501 g/mol. The predicted molar refractivity (Wildman–Crippen MR) is 139 cm³/mol. The highest BCUT2D eigenvalue weighted by molar-refractivity contribution is 5.85. The van der Waals surface area contributed by atoms with Gasteiger partial charge in [-0.1, -0.05) is 0 Å². The van der Waals surface area contributed by atoms with Crippen molar-refractivity contribution in [2.24, 2.45) is 0 Å². The Bertz CT molecular complexity index is 1590. The van der Waals surface area contributed by atoms with Crippen LogP contribution in [0.4, 0.5) is 26.1 Å². The van der Waals surface area contributed by atoms with Gasteiger partial charge in [0.05, 0.1) is 28.4 Å². The number of aromatic nitrogens is 3. The molecule has 0 saturated carbocycles. The Morgan fingerprint density at radius 3 is 2.62 bits per heavy atom. The normalized spacial score (nSPS) is 13.7. The number of pyridine rings is 1. The zero-order chi connectivity index (χ0) is 26.1. The molecule has 0 unspecified atom stereocenters. The summed E-state index contributed by atoms with van der Waals surface area (Å²) in [5.41, 5.74) is 1.88. The number of rotatable bonds is 5. The Balaban J connectivity index is 1.51. The van der Waals surface area contributed by atoms with Crippen LogP contribution in [0.25, 0.3) is 22.2 Å². The topological polar surface area (TPSA) is 98.9 Å². The molecule has 8 nitrogen and oxygen atoms in total. The number of benzene rings is 2. The van der Waals surface area contributed by atoms with E-state index in [-0.39, 0.29) is 28.6 Å². The molecule has 3 heterocycles. The summed E-state index contributed by atoms with van der Waals surface area (Å²) < 4.78 is 31.7. The Morgan fingerprint density at radius 1 is 1.11 bits per heavy atom. The minimum atomic E-state index is -0.748. The van der Waals surface area contributed by atoms with Gasteiger partial charge < -0.3 is 20.1 Å². The molecule has 2 N–H and O–H groups in total. The van der Waals surface area contributed by atoms with Crippen molar-refractivity contribution in [3.8, 4) is 17.3 Å². The number of hydrogen-bond acceptors (Lipinski definition) is 7. The highest BCUT2D eigenvalue weighted by atomic mass is 19.1. The van der Waals surface area contributed by atoms with E-state index < -0.39 is 17.1 Å². The van der Waals surface area contributed by atoms with Gasteiger partial charge in [0, 0.05) is 55.7 Å². The third kappa shape index (κ3) is 4.73. The Hall–Kier alpha value is -4.36. The first kappa shape index (κ1) is 24.3. The molecule has 4 aromatic rings. The molecule has 1 aliphatic heterocycles. The van der Waals surface area contributed by atoms with E-state index in [0.717, 1.165) is 44.1 Å². The first-order chi connectivity index (χ1) is 17.9. The highest BCUT2D eigenvalue weighted by Crippen LogP contribution is 2.29. The van der Waals surface area contributed by atoms with Crippen LogP contribution in [0.5, 0.6) is 0 Å². The molecule has 2 aromatic carbocycles. The maximum Gasteiger partial charge on any atom is 0.227 e. The fourth-order valence-corrected chi connectivity index (χ4v) is 4.58. The van der Waals surface area contributed by atoms with E-state index in [4.69, 9.17) is 0 Å². The molecule has 5 rings (SSSR count). The van der Waals surface area contributed by atoms with Gasteiger partial charge in [0.25, 0.3) is 0 Å². The molecule has 1 aliphatic rings. The van der Waals surface area contributed by atoms with E-state index in [9.17, 15) is 14.4 Å². The lowest BCUT2D eigenvalue weighted by molar-refractivity contribution is 0.589. The minimum absolute atomic E-state index is 0.0521. The lowest BCUT2D eigenvalue weighted by Gasteiger charge is -2.30. The lowest BCUT2D eigenvalue weighted by atomic mass is 10.1. The molecular formula is C27H25F2N7O. The van der Waals surface area contributed by atoms with Gasteiger partial charge in [-0.3, -0.25) is 4.79 Å². The van der Waals surface area contributed by atoms with Crippen LogP contribution >= 0.6 is 0 Å². The van der Waals surface area contributed by atoms with Crippen molar-refractivity contribution in [2.75, 3.05) is 36.4 Å². The average molecular weight is 502 g/mol. The van der Waals surface area contributed by atoms with E-state index in [1.807, 2.05) is 26.0 Å². The molecule has 10 heteroatoms. The summed E-state index contributed by atoms with van der Waals surface area (Å²) in [6.07, 6.45) is 2.60. The molecule has 0 amide bonds. The average Bonchev–Trinajstić information content (AvgIpc) is 2.90. The second-order valence-corrected chi connectivity index (χ2v) is 9.13. The number of nitrogens with one attached hydrogen (secondary N) is 2. The maximum atomic E-state index is 15.1. The zero-order valence-corrected chi connectivity index (χ0v) is 20.4. The van der Waals surface area contributed by atoms with Gasteiger partial charge in [-0.25, -0.2) is 18.7 Å². The van der Waals surface area contributed by atoms with Crippen LogP contribution in [0.15, 0.2) is 53.6 Å². The minimum Gasteiger partial charge on any atom is -0.368 e. The van der Waals surface area contributed by atoms with Gasteiger partial charge in [-0.15, -0.1) is 0 Å². The summed E-state index contributed by atoms with van der Waals surface area (Å²) >= 11 is 0. The SMILES string of the molecule is CC(C)n1ccc(=O)c2c(F)cc(-c3nc(Nc4ccc(N5CCNCC5)c(C#N)c4)ncc3F)cc21. The zero-order valence-electron chi connectivity index (χ0n) is 20.4. The summed E-state index contributed by atoms with van der Waals surface area (Å²) in [5, 5.41) is 16.0. The number of hydrogen-bond donors (Lipinski definition) is 2. The number of nitriles is 1. The van der Waals surface area contributed by atoms with Crippen molar-refractivity contribution in [2.45, 2.75) is 19.9 Å². The highest BCUT2D eigenvalue weighted by Gasteiger charge is 2.18. The Morgan fingerprint density at radius 2 is 1.89 bits per heavy atom. The molecule has 1 saturated heterocycles. The molecule has 188 valence electrons. The molecule has 2 aromatic heterocycles. The molecule has 37 heavy (non-hydrogen) atoms. The van der Waals surface area contributed by atoms with E-state index in [0.29, 0.717) is 16.8 Å². The third-order valence-corrected chi connectivity index (χ3v) is 6.39. The van der Waals surface area contributed by atoms with Crippen LogP contribution in [0, 0.1) is 23.0 Å². The summed E-state index contributed by atoms with van der Waals surface area (Å²) in [6, 6.07) is 11.5. The van der Waals surface area contributed by atoms with E-state index in [1.165, 1.54) is 6.07 Å². The van der Waals surface area contributed by atoms with Crippen LogP contribution in [0.1, 0.15) is 25.5 Å². The maximum absolute atomic E-state index is 15.1. The van der Waals surface area contributed by atoms with Crippen molar-refractivity contribution in [1.29, 1.82) is 5.26 Å². The largest absolute Gasteiger partial charge is 0.368 e. The standard InChI is InChI=1S/C27H25F2N7O/c1-16(2)36-8-5-24(37)25-20(28)12-17(13-23(25)36)26-21(29)15-32-27(34-26)33-19-3-4-22(18(11-19)14-30)35-9-6-31-7-10-35/h3-5,8,11-13,15-16,31H,6-7,9-10H2,1-2H3,(H,32,33,34). The second kappa shape index (κ2) is 9.95. The van der Waals surface area contributed by atoms with Gasteiger partial charge >= 0.3 is 0 Å². The molecular weight excluding hydrogens is 476 g/mol. The van der Waals surface area contributed by atoms with Gasteiger partial charge in [0.15, 0.2) is 11.2 Å². The molecule has 0 bridgehead atoms. The summed E-state index contributed by atoms with van der Waals surface area (Å²) in [5.74, 6) is -1.39. The van der Waals surface area contributed by atoms with Gasteiger partial charge in [0.2, 0.25) is 5.95 Å². The number of anilines is 3. The van der Waals surface area contributed by atoms with Crippen LogP contribution in [0.2, 0.25) is 0 Å². The summed E-state index contributed by atoms with van der Waals surface area (Å²) in [4.78, 5) is 22.8. The first-order valence-electron chi connectivity index (χ1n) is 12.0. The van der Waals surface area contributed by atoms with Gasteiger partial charge in [-0.05, 0) is 44.2 Å². The molecule has 0 radical (unpaired) electrons. The van der Waals surface area contributed by atoms with Gasteiger partial charge in [0.1, 0.15) is 17.6 Å². The summed E-state index contributed by atoms with van der Waals surface area (Å²) in [7, 11) is 0. The lowest BCUT2D eigenvalue weighted by Crippen LogP contribution is -2.43. The number of nitrogens with zero attached hydrogens (tertiary/aromatic N) is 5. The van der Waals surface area contributed by atoms with Crippen LogP contribution in [0.3, 0.4) is 0 Å². The van der Waals surface area contributed by atoms with Crippen molar-refractivity contribution >= 4 is 28.2 Å². The molecule has 0 atom stereocenters. The van der Waals surface area contributed by atoms with Crippen molar-refractivity contribution in [3.63, 3.8) is 0 Å². The molecule has 0 aliphatic carbocycles. The number of fused-ring (bicyclic) bond motifs is 1. The van der Waals surface area contributed by atoms with Gasteiger partial charge in [-0.2, -0.15) is 5.26 Å². The van der Waals surface area contributed by atoms with Crippen molar-refractivity contribution < 1.29 is 8.78 Å². The molecule has 1 fully saturated rings. The third-order valence-electron chi connectivity index (χ3n) is 6.39. The Kier molecular flexibility index (Phi) is 6.54. The van der Waals surface area contributed by atoms with Crippen LogP contribution < -0.4 is 21.0 Å².